The summed E-state index contributed by atoms with van der Waals surface area (Å²) in [6.07, 6.45) is -10.7. The smallest absolute Gasteiger partial charge is 0.340 e. The average molecular weight is 612 g/mol. The van der Waals surface area contributed by atoms with Crippen LogP contribution in [0.3, 0.4) is 0 Å². The second-order valence-electron chi connectivity index (χ2n) is 10.9. The summed E-state index contributed by atoms with van der Waals surface area (Å²) in [5.41, 5.74) is -7.66. The molecule has 4 nitrogen and oxygen atoms in total. The zero-order valence-electron chi connectivity index (χ0n) is 22.2. The molecule has 4 rings (SSSR count). The predicted octanol–water partition coefficient (Wildman–Crippen LogP) is 7.02. The van der Waals surface area contributed by atoms with Gasteiger partial charge in [0.2, 0.25) is 5.91 Å². The van der Waals surface area contributed by atoms with Crippen LogP contribution >= 0.6 is 0 Å². The highest BCUT2D eigenvalue weighted by atomic mass is 32.2. The number of benzene rings is 2. The number of unbranched alkanes of at least 4 members (excludes halogenated alkanes) is 1. The monoisotopic (exact) mass is 611 g/mol. The van der Waals surface area contributed by atoms with Gasteiger partial charge in [-0.25, -0.2) is 17.2 Å². The number of sulfone groups is 1. The highest BCUT2D eigenvalue weighted by Crippen LogP contribution is 2.56. The van der Waals surface area contributed by atoms with Crippen LogP contribution in [0.5, 0.6) is 0 Å². The summed E-state index contributed by atoms with van der Waals surface area (Å²) in [6, 6.07) is 5.43. The van der Waals surface area contributed by atoms with Gasteiger partial charge in [-0.1, -0.05) is 44.9 Å². The molecule has 2 aliphatic rings. The molecule has 1 aliphatic heterocycles. The average Bonchev–Trinajstić information content (AvgIpc) is 3.31. The quantitative estimate of drug-likeness (QED) is 0.250. The van der Waals surface area contributed by atoms with Crippen molar-refractivity contribution >= 4 is 15.7 Å². The third-order valence-corrected chi connectivity index (χ3v) is 10.9. The largest absolute Gasteiger partial charge is 0.435 e. The molecule has 1 aliphatic carbocycles. The first-order valence-corrected chi connectivity index (χ1v) is 14.6. The number of carbonyl (C=O) groups is 1. The number of likely N-dealkylation sites (tertiary alicyclic amines) is 1. The van der Waals surface area contributed by atoms with Crippen LogP contribution in [-0.4, -0.2) is 44.7 Å². The van der Waals surface area contributed by atoms with Crippen LogP contribution in [0.1, 0.15) is 56.2 Å². The van der Waals surface area contributed by atoms with Crippen molar-refractivity contribution < 1.29 is 48.3 Å². The fourth-order valence-corrected chi connectivity index (χ4v) is 8.51. The van der Waals surface area contributed by atoms with Gasteiger partial charge in [-0.15, -0.1) is 0 Å². The Morgan fingerprint density at radius 1 is 1.02 bits per heavy atom. The van der Waals surface area contributed by atoms with Gasteiger partial charge in [0.25, 0.3) is 0 Å². The van der Waals surface area contributed by atoms with Crippen molar-refractivity contribution in [2.24, 2.45) is 11.8 Å². The van der Waals surface area contributed by atoms with Gasteiger partial charge in [0, 0.05) is 30.5 Å². The molecule has 226 valence electrons. The number of fused-ring (bicyclic) bond motifs is 3. The highest BCUT2D eigenvalue weighted by molar-refractivity contribution is 7.92. The van der Waals surface area contributed by atoms with Gasteiger partial charge in [-0.3, -0.25) is 4.79 Å². The fraction of sp³-hybridized carbons (Fsp3) is 0.536. The Labute approximate surface area is 232 Å². The van der Waals surface area contributed by atoms with E-state index in [4.69, 9.17) is 0 Å². The summed E-state index contributed by atoms with van der Waals surface area (Å²) in [5.74, 6) is -2.26. The Bertz CT molecular complexity index is 1390. The second kappa shape index (κ2) is 10.5. The molecule has 41 heavy (non-hydrogen) atoms. The SMILES string of the molecule is CCCCC(C)C(=O)N1CC2CCc3cc(C(F)(C(F)(F)F)C(F)(F)F)ccc3C2(S(=O)(=O)c2ccc(F)cc2)C1. The van der Waals surface area contributed by atoms with Crippen molar-refractivity contribution in [2.45, 2.75) is 73.6 Å². The maximum atomic E-state index is 14.9. The molecule has 1 saturated heterocycles. The molecule has 0 N–H and O–H groups in total. The Hall–Kier alpha value is -2.70. The zero-order chi connectivity index (χ0) is 30.6. The lowest BCUT2D eigenvalue weighted by atomic mass is 9.75. The molecular weight excluding hydrogens is 582 g/mol. The van der Waals surface area contributed by atoms with E-state index in [0.717, 1.165) is 43.2 Å². The number of rotatable bonds is 7. The summed E-state index contributed by atoms with van der Waals surface area (Å²) >= 11 is 0. The van der Waals surface area contributed by atoms with Crippen LogP contribution in [0.25, 0.3) is 0 Å². The van der Waals surface area contributed by atoms with Crippen molar-refractivity contribution in [3.8, 4) is 0 Å². The standard InChI is InChI=1S/C28H29F8NO3S/c1-3-4-5-17(2)24(38)37-15-20-7-6-18-14-19(26(30,27(31,32)33)28(34,35)36)8-13-23(18)25(20,16-37)41(39,40)22-11-9-21(29)10-12-22/h8-14,17,20H,3-7,15-16H2,1-2H3. The number of halogens is 8. The predicted molar refractivity (Wildman–Crippen MR) is 134 cm³/mol. The van der Waals surface area contributed by atoms with Crippen molar-refractivity contribution in [2.75, 3.05) is 13.1 Å². The molecule has 2 aromatic carbocycles. The molecule has 0 aromatic heterocycles. The minimum absolute atomic E-state index is 0.00131. The maximum Gasteiger partial charge on any atom is 0.435 e. The minimum Gasteiger partial charge on any atom is -0.340 e. The van der Waals surface area contributed by atoms with Crippen molar-refractivity contribution in [1.82, 2.24) is 4.90 Å². The number of amides is 1. The van der Waals surface area contributed by atoms with Gasteiger partial charge in [-0.2, -0.15) is 26.3 Å². The van der Waals surface area contributed by atoms with Crippen LogP contribution in [0.4, 0.5) is 35.1 Å². The summed E-state index contributed by atoms with van der Waals surface area (Å²) in [6.45, 7) is 3.24. The topological polar surface area (TPSA) is 54.5 Å². The molecule has 1 fully saturated rings. The second-order valence-corrected chi connectivity index (χ2v) is 13.1. The fourth-order valence-electron chi connectivity index (χ4n) is 6.15. The van der Waals surface area contributed by atoms with Crippen LogP contribution in [0.15, 0.2) is 47.4 Å². The Kier molecular flexibility index (Phi) is 8.03. The zero-order valence-corrected chi connectivity index (χ0v) is 23.1. The van der Waals surface area contributed by atoms with E-state index in [-0.39, 0.29) is 41.3 Å². The van der Waals surface area contributed by atoms with Gasteiger partial charge < -0.3 is 4.90 Å². The van der Waals surface area contributed by atoms with Crippen LogP contribution in [0.2, 0.25) is 0 Å². The van der Waals surface area contributed by atoms with Crippen molar-refractivity contribution in [3.05, 3.63) is 65.0 Å². The van der Waals surface area contributed by atoms with E-state index in [1.165, 1.54) is 4.90 Å². The lowest BCUT2D eigenvalue weighted by molar-refractivity contribution is -0.348. The van der Waals surface area contributed by atoms with E-state index in [0.29, 0.717) is 18.6 Å². The van der Waals surface area contributed by atoms with Crippen molar-refractivity contribution in [3.63, 3.8) is 0 Å². The number of alkyl halides is 7. The number of nitrogens with zero attached hydrogens (tertiary/aromatic N) is 1. The third kappa shape index (κ3) is 4.91. The molecule has 3 atom stereocenters. The van der Waals surface area contributed by atoms with Gasteiger partial charge in [-0.05, 0) is 54.7 Å². The van der Waals surface area contributed by atoms with E-state index in [1.807, 2.05) is 6.92 Å². The summed E-state index contributed by atoms with van der Waals surface area (Å²) in [7, 11) is -4.50. The normalized spacial score (nSPS) is 22.3. The number of hydrogen-bond donors (Lipinski definition) is 0. The first-order valence-electron chi connectivity index (χ1n) is 13.2. The maximum absolute atomic E-state index is 14.9. The van der Waals surface area contributed by atoms with Crippen molar-refractivity contribution in [1.29, 1.82) is 0 Å². The van der Waals surface area contributed by atoms with E-state index in [1.54, 1.807) is 6.92 Å². The number of carbonyl (C=O) groups excluding carboxylic acids is 1. The summed E-state index contributed by atoms with van der Waals surface area (Å²) < 4.78 is 136. The first-order chi connectivity index (χ1) is 18.9. The van der Waals surface area contributed by atoms with Crippen LogP contribution in [-0.2, 0) is 31.5 Å². The summed E-state index contributed by atoms with van der Waals surface area (Å²) in [4.78, 5) is 14.4. The van der Waals surface area contributed by atoms with E-state index in [2.05, 4.69) is 0 Å². The lowest BCUT2D eigenvalue weighted by Gasteiger charge is -2.40. The van der Waals surface area contributed by atoms with E-state index < -0.39 is 62.4 Å². The minimum atomic E-state index is -6.33. The third-order valence-electron chi connectivity index (χ3n) is 8.36. The van der Waals surface area contributed by atoms with Gasteiger partial charge in [0.05, 0.1) is 4.90 Å². The molecule has 3 unspecified atom stereocenters. The molecule has 2 aromatic rings. The lowest BCUT2D eigenvalue weighted by Crippen LogP contribution is -2.51. The first kappa shape index (κ1) is 31.2. The molecule has 0 bridgehead atoms. The Morgan fingerprint density at radius 2 is 1.63 bits per heavy atom. The molecule has 0 spiro atoms. The molecule has 1 heterocycles. The molecule has 13 heteroatoms. The Balaban J connectivity index is 1.90. The van der Waals surface area contributed by atoms with E-state index in [9.17, 15) is 48.3 Å². The highest BCUT2D eigenvalue weighted by Gasteiger charge is 2.73. The molecule has 0 saturated carbocycles. The summed E-state index contributed by atoms with van der Waals surface area (Å²) in [5, 5.41) is 0. The molecule has 1 amide bonds. The number of aryl methyl sites for hydroxylation is 1. The van der Waals surface area contributed by atoms with E-state index >= 15 is 0 Å². The molecule has 0 radical (unpaired) electrons. The van der Waals surface area contributed by atoms with Gasteiger partial charge >= 0.3 is 18.0 Å². The van der Waals surface area contributed by atoms with Gasteiger partial charge in [0.1, 0.15) is 10.6 Å². The van der Waals surface area contributed by atoms with Crippen LogP contribution in [0, 0.1) is 17.7 Å². The number of hydrogen-bond acceptors (Lipinski definition) is 3. The van der Waals surface area contributed by atoms with Crippen LogP contribution < -0.4 is 0 Å². The molecular formula is C28H29F8NO3S. The van der Waals surface area contributed by atoms with Gasteiger partial charge in [0.15, 0.2) is 9.84 Å². The Morgan fingerprint density at radius 3 is 2.20 bits per heavy atom.